The van der Waals surface area contributed by atoms with Gasteiger partial charge in [0.2, 0.25) is 8.32 Å². The summed E-state index contributed by atoms with van der Waals surface area (Å²) in [6.45, 7) is 10.7. The summed E-state index contributed by atoms with van der Waals surface area (Å²) >= 11 is 5.52. The van der Waals surface area contributed by atoms with Gasteiger partial charge in [0, 0.05) is 5.92 Å². The first-order valence-corrected chi connectivity index (χ1v) is 14.4. The predicted octanol–water partition coefficient (Wildman–Crippen LogP) is 6.12. The number of fused-ring (bicyclic) bond motifs is 3. The van der Waals surface area contributed by atoms with Crippen LogP contribution in [0.4, 0.5) is 4.79 Å². The molecule has 2 unspecified atom stereocenters. The first-order chi connectivity index (χ1) is 14.2. The summed E-state index contributed by atoms with van der Waals surface area (Å²) in [6, 6.07) is 16.3. The van der Waals surface area contributed by atoms with Gasteiger partial charge in [-0.2, -0.15) is 0 Å². The third kappa shape index (κ3) is 5.10. The van der Waals surface area contributed by atoms with Crippen molar-refractivity contribution in [2.24, 2.45) is 5.92 Å². The zero-order valence-corrected chi connectivity index (χ0v) is 20.2. The van der Waals surface area contributed by atoms with E-state index in [0.717, 1.165) is 6.42 Å². The summed E-state index contributed by atoms with van der Waals surface area (Å²) in [7, 11) is -1.85. The number of hydrogen-bond donors (Lipinski definition) is 1. The predicted molar refractivity (Wildman–Crippen MR) is 128 cm³/mol. The molecule has 1 aliphatic carbocycles. The molecule has 0 aliphatic heterocycles. The van der Waals surface area contributed by atoms with Crippen LogP contribution in [0.2, 0.25) is 19.6 Å². The van der Waals surface area contributed by atoms with Crippen LogP contribution in [-0.4, -0.2) is 32.1 Å². The maximum Gasteiger partial charge on any atom is 0.407 e. The van der Waals surface area contributed by atoms with Crippen LogP contribution >= 0.6 is 12.2 Å². The maximum absolute atomic E-state index is 12.7. The third-order valence-electron chi connectivity index (χ3n) is 5.49. The average molecular weight is 442 g/mol. The fraction of sp³-hybridized carbons (Fsp3) is 0.417. The molecule has 1 aliphatic rings. The van der Waals surface area contributed by atoms with Crippen LogP contribution in [-0.2, 0) is 9.16 Å². The molecule has 0 heterocycles. The smallest absolute Gasteiger partial charge is 0.407 e. The fourth-order valence-electron chi connectivity index (χ4n) is 3.80. The molecule has 0 aromatic heterocycles. The Bertz CT molecular complexity index is 879. The molecule has 0 fully saturated rings. The van der Waals surface area contributed by atoms with Crippen molar-refractivity contribution < 1.29 is 14.0 Å². The Morgan fingerprint density at radius 3 is 2.10 bits per heavy atom. The molecule has 1 N–H and O–H groups in total. The van der Waals surface area contributed by atoms with Gasteiger partial charge in [-0.15, -0.1) is 0 Å². The molecule has 2 aromatic carbocycles. The standard InChI is InChI=1S/C24H31NO3SSi/c1-6-16(2)22(23(29)28-30(3,4)5)25-24(26)27-15-21-19-13-9-7-11-17(19)18-12-8-10-14-20(18)21/h7-14,16,21-22H,6,15H2,1-5H3,(H,25,26). The molecule has 3 rings (SSSR count). The summed E-state index contributed by atoms with van der Waals surface area (Å²) in [6.07, 6.45) is 0.424. The topological polar surface area (TPSA) is 47.6 Å². The van der Waals surface area contributed by atoms with Crippen molar-refractivity contribution in [2.45, 2.75) is 51.9 Å². The molecule has 30 heavy (non-hydrogen) atoms. The monoisotopic (exact) mass is 441 g/mol. The van der Waals surface area contributed by atoms with Gasteiger partial charge in [0.25, 0.3) is 0 Å². The van der Waals surface area contributed by atoms with Crippen LogP contribution in [0.25, 0.3) is 11.1 Å². The molecule has 2 aromatic rings. The second-order valence-corrected chi connectivity index (χ2v) is 13.7. The summed E-state index contributed by atoms with van der Waals surface area (Å²) < 4.78 is 11.7. The largest absolute Gasteiger partial charge is 0.538 e. The van der Waals surface area contributed by atoms with Gasteiger partial charge in [-0.25, -0.2) is 4.79 Å². The molecule has 0 saturated carbocycles. The summed E-state index contributed by atoms with van der Waals surface area (Å²) in [5, 5.41) is 3.41. The van der Waals surface area contributed by atoms with Crippen molar-refractivity contribution in [1.29, 1.82) is 0 Å². The van der Waals surface area contributed by atoms with Gasteiger partial charge in [0.05, 0.1) is 0 Å². The zero-order valence-electron chi connectivity index (χ0n) is 18.4. The normalized spacial score (nSPS) is 15.0. The Balaban J connectivity index is 1.69. The van der Waals surface area contributed by atoms with E-state index in [1.54, 1.807) is 0 Å². The van der Waals surface area contributed by atoms with E-state index < -0.39 is 14.4 Å². The maximum atomic E-state index is 12.7. The van der Waals surface area contributed by atoms with Crippen molar-refractivity contribution in [3.63, 3.8) is 0 Å². The lowest BCUT2D eigenvalue weighted by molar-refractivity contribution is 0.138. The summed E-state index contributed by atoms with van der Waals surface area (Å²) in [5.41, 5.74) is 4.82. The lowest BCUT2D eigenvalue weighted by Gasteiger charge is -2.29. The van der Waals surface area contributed by atoms with Gasteiger partial charge in [-0.05, 0) is 60.0 Å². The number of carbonyl (C=O) groups excluding carboxylic acids is 1. The minimum Gasteiger partial charge on any atom is -0.538 e. The third-order valence-corrected chi connectivity index (χ3v) is 6.81. The molecule has 160 valence electrons. The SMILES string of the molecule is CCC(C)C(NC(=O)OCC1c2ccccc2-c2ccccc21)C(=S)O[Si](C)(C)C. The minimum absolute atomic E-state index is 0.0374. The van der Waals surface area contributed by atoms with E-state index in [1.807, 2.05) is 24.3 Å². The van der Waals surface area contributed by atoms with Gasteiger partial charge >= 0.3 is 6.09 Å². The van der Waals surface area contributed by atoms with Crippen molar-refractivity contribution in [2.75, 3.05) is 6.61 Å². The van der Waals surface area contributed by atoms with E-state index in [0.29, 0.717) is 5.05 Å². The first kappa shape index (κ1) is 22.5. The summed E-state index contributed by atoms with van der Waals surface area (Å²) in [5.74, 6) is 0.199. The van der Waals surface area contributed by atoms with E-state index in [-0.39, 0.29) is 24.5 Å². The number of hydrogen-bond acceptors (Lipinski definition) is 4. The number of thiocarbonyl (C=S) groups is 1. The molecular weight excluding hydrogens is 410 g/mol. The van der Waals surface area contributed by atoms with E-state index >= 15 is 0 Å². The second-order valence-electron chi connectivity index (χ2n) is 8.87. The number of carbonyl (C=O) groups is 1. The van der Waals surface area contributed by atoms with Gasteiger partial charge in [-0.1, -0.05) is 68.8 Å². The van der Waals surface area contributed by atoms with Crippen LogP contribution in [0.1, 0.15) is 37.3 Å². The highest BCUT2D eigenvalue weighted by Gasteiger charge is 2.31. The zero-order chi connectivity index (χ0) is 21.9. The lowest BCUT2D eigenvalue weighted by atomic mass is 9.98. The van der Waals surface area contributed by atoms with E-state index in [9.17, 15) is 4.79 Å². The Morgan fingerprint density at radius 1 is 1.07 bits per heavy atom. The summed E-state index contributed by atoms with van der Waals surface area (Å²) in [4.78, 5) is 12.7. The molecule has 0 spiro atoms. The Labute approximate surface area is 186 Å². The van der Waals surface area contributed by atoms with Crippen molar-refractivity contribution in [3.05, 3.63) is 59.7 Å². The fourth-order valence-corrected chi connectivity index (χ4v) is 5.57. The highest BCUT2D eigenvalue weighted by atomic mass is 32.1. The van der Waals surface area contributed by atoms with Crippen LogP contribution in [0.15, 0.2) is 48.5 Å². The molecule has 0 saturated heterocycles. The van der Waals surface area contributed by atoms with E-state index in [1.165, 1.54) is 22.3 Å². The molecular formula is C24H31NO3SSi. The quantitative estimate of drug-likeness (QED) is 0.415. The molecule has 1 amide bonds. The number of alkyl carbamates (subject to hydrolysis) is 1. The average Bonchev–Trinajstić information content (AvgIpc) is 3.02. The molecule has 0 radical (unpaired) electrons. The van der Waals surface area contributed by atoms with E-state index in [4.69, 9.17) is 21.4 Å². The number of ether oxygens (including phenoxy) is 1. The van der Waals surface area contributed by atoms with Crippen molar-refractivity contribution in [1.82, 2.24) is 5.32 Å². The van der Waals surface area contributed by atoms with Crippen LogP contribution < -0.4 is 5.32 Å². The molecule has 4 nitrogen and oxygen atoms in total. The van der Waals surface area contributed by atoms with Crippen molar-refractivity contribution >= 4 is 31.7 Å². The second kappa shape index (κ2) is 9.31. The van der Waals surface area contributed by atoms with Gasteiger partial charge in [0.15, 0.2) is 5.05 Å². The van der Waals surface area contributed by atoms with Gasteiger partial charge in [-0.3, -0.25) is 0 Å². The van der Waals surface area contributed by atoms with Crippen LogP contribution in [0, 0.1) is 5.92 Å². The Hall–Kier alpha value is -2.18. The number of benzene rings is 2. The van der Waals surface area contributed by atoms with Crippen LogP contribution in [0.5, 0.6) is 0 Å². The molecule has 0 bridgehead atoms. The molecule has 2 atom stereocenters. The highest BCUT2D eigenvalue weighted by molar-refractivity contribution is 7.80. The van der Waals surface area contributed by atoms with Crippen LogP contribution in [0.3, 0.4) is 0 Å². The Morgan fingerprint density at radius 2 is 1.60 bits per heavy atom. The molecule has 6 heteroatoms. The van der Waals surface area contributed by atoms with E-state index in [2.05, 4.69) is 63.1 Å². The Kier molecular flexibility index (Phi) is 6.98. The highest BCUT2D eigenvalue weighted by Crippen LogP contribution is 2.44. The van der Waals surface area contributed by atoms with Crippen molar-refractivity contribution in [3.8, 4) is 11.1 Å². The lowest BCUT2D eigenvalue weighted by Crippen LogP contribution is -2.48. The van der Waals surface area contributed by atoms with Gasteiger partial charge in [0.1, 0.15) is 12.6 Å². The number of rotatable bonds is 7. The van der Waals surface area contributed by atoms with Gasteiger partial charge < -0.3 is 14.5 Å². The number of amides is 1. The minimum atomic E-state index is -1.85. The number of nitrogens with one attached hydrogen (secondary N) is 1. The first-order valence-electron chi connectivity index (χ1n) is 10.6.